The number of rotatable bonds is 8. The first-order valence-electron chi connectivity index (χ1n) is 11.3. The fraction of sp³-hybridized carbons (Fsp3) is 0.583. The molecule has 1 saturated heterocycles. The molecular weight excluding hydrogens is 406 g/mol. The largest absolute Gasteiger partial charge is 0.383 e. The molecule has 31 heavy (non-hydrogen) atoms. The summed E-state index contributed by atoms with van der Waals surface area (Å²) in [5.74, 6) is 1.47. The van der Waals surface area contributed by atoms with Gasteiger partial charge in [-0.2, -0.15) is 0 Å². The summed E-state index contributed by atoms with van der Waals surface area (Å²) in [5.41, 5.74) is 3.39. The van der Waals surface area contributed by atoms with Crippen LogP contribution in [-0.4, -0.2) is 59.8 Å². The van der Waals surface area contributed by atoms with Gasteiger partial charge >= 0.3 is 0 Å². The van der Waals surface area contributed by atoms with Crippen molar-refractivity contribution in [1.82, 2.24) is 19.4 Å². The fourth-order valence-electron chi connectivity index (χ4n) is 4.43. The third kappa shape index (κ3) is 4.94. The highest BCUT2D eigenvalue weighted by Gasteiger charge is 2.25. The monoisotopic (exact) mass is 441 g/mol. The van der Waals surface area contributed by atoms with E-state index in [-0.39, 0.29) is 0 Å². The summed E-state index contributed by atoms with van der Waals surface area (Å²) in [7, 11) is 3.83. The van der Waals surface area contributed by atoms with Gasteiger partial charge in [0.05, 0.1) is 18.5 Å². The fourth-order valence-corrected chi connectivity index (χ4v) is 5.36. The molecule has 0 spiro atoms. The van der Waals surface area contributed by atoms with Crippen LogP contribution in [0.5, 0.6) is 0 Å². The van der Waals surface area contributed by atoms with Crippen molar-refractivity contribution in [2.75, 3.05) is 45.3 Å². The molecule has 0 bridgehead atoms. The van der Waals surface area contributed by atoms with Crippen LogP contribution in [0.2, 0.25) is 0 Å². The molecule has 0 aliphatic carbocycles. The lowest BCUT2D eigenvalue weighted by atomic mass is 9.92. The molecule has 0 saturated carbocycles. The van der Waals surface area contributed by atoms with Crippen molar-refractivity contribution in [3.05, 3.63) is 40.0 Å². The zero-order valence-electron chi connectivity index (χ0n) is 19.5. The lowest BCUT2D eigenvalue weighted by molar-refractivity contribution is 0.204. The number of nitrogens with zero attached hydrogens (tertiary/aromatic N) is 5. The maximum Gasteiger partial charge on any atom is 0.156 e. The van der Waals surface area contributed by atoms with Crippen molar-refractivity contribution < 1.29 is 4.74 Å². The van der Waals surface area contributed by atoms with Gasteiger partial charge in [0.2, 0.25) is 0 Å². The molecule has 4 heterocycles. The van der Waals surface area contributed by atoms with Crippen molar-refractivity contribution >= 4 is 28.2 Å². The van der Waals surface area contributed by atoms with E-state index in [1.54, 1.807) is 7.11 Å². The van der Waals surface area contributed by atoms with Gasteiger partial charge in [0.1, 0.15) is 5.52 Å². The Kier molecular flexibility index (Phi) is 6.94. The highest BCUT2D eigenvalue weighted by atomic mass is 32.1. The summed E-state index contributed by atoms with van der Waals surface area (Å²) in [4.78, 5) is 17.5. The molecule has 0 N–H and O–H groups in total. The highest BCUT2D eigenvalue weighted by molar-refractivity contribution is 7.11. The number of ether oxygens (including phenoxy) is 1. The van der Waals surface area contributed by atoms with E-state index in [0.717, 1.165) is 50.4 Å². The third-order valence-corrected chi connectivity index (χ3v) is 7.28. The first-order chi connectivity index (χ1) is 15.0. The SMILES string of the molecule is COCCN(C)c1nc(C2CCN(Cc3ccc(C)s3)CC2)cc2c1ncn2C(C)C. The van der Waals surface area contributed by atoms with E-state index in [1.165, 1.54) is 21.0 Å². The summed E-state index contributed by atoms with van der Waals surface area (Å²) in [6, 6.07) is 7.16. The number of piperidine rings is 1. The number of hydrogen-bond acceptors (Lipinski definition) is 6. The predicted octanol–water partition coefficient (Wildman–Crippen LogP) is 4.84. The average molecular weight is 442 g/mol. The molecule has 7 heteroatoms. The second kappa shape index (κ2) is 9.67. The molecule has 3 aromatic heterocycles. The molecule has 168 valence electrons. The molecule has 3 aromatic rings. The van der Waals surface area contributed by atoms with E-state index in [2.05, 4.69) is 60.4 Å². The van der Waals surface area contributed by atoms with E-state index >= 15 is 0 Å². The Labute approximate surface area is 189 Å². The molecule has 0 atom stereocenters. The first kappa shape index (κ1) is 22.2. The summed E-state index contributed by atoms with van der Waals surface area (Å²) in [5, 5.41) is 0. The normalized spacial score (nSPS) is 15.9. The summed E-state index contributed by atoms with van der Waals surface area (Å²) in [6.07, 6.45) is 4.26. The third-order valence-electron chi connectivity index (χ3n) is 6.29. The van der Waals surface area contributed by atoms with Gasteiger partial charge in [0.25, 0.3) is 0 Å². The number of anilines is 1. The minimum atomic E-state index is 0.369. The van der Waals surface area contributed by atoms with Crippen LogP contribution in [0, 0.1) is 6.92 Å². The summed E-state index contributed by atoms with van der Waals surface area (Å²) < 4.78 is 7.56. The van der Waals surface area contributed by atoms with Gasteiger partial charge in [0.15, 0.2) is 5.82 Å². The van der Waals surface area contributed by atoms with Crippen LogP contribution in [0.1, 0.15) is 54.1 Å². The maximum absolute atomic E-state index is 5.30. The summed E-state index contributed by atoms with van der Waals surface area (Å²) in [6.45, 7) is 11.4. The van der Waals surface area contributed by atoms with Crippen LogP contribution in [0.3, 0.4) is 0 Å². The molecular formula is C24H35N5OS. The van der Waals surface area contributed by atoms with E-state index in [1.807, 2.05) is 17.7 Å². The number of aryl methyl sites for hydroxylation is 1. The minimum Gasteiger partial charge on any atom is -0.383 e. The Hall–Kier alpha value is -1.96. The van der Waals surface area contributed by atoms with Crippen molar-refractivity contribution in [1.29, 1.82) is 0 Å². The smallest absolute Gasteiger partial charge is 0.156 e. The number of fused-ring (bicyclic) bond motifs is 1. The molecule has 0 radical (unpaired) electrons. The van der Waals surface area contributed by atoms with E-state index in [0.29, 0.717) is 18.6 Å². The number of pyridine rings is 1. The number of likely N-dealkylation sites (N-methyl/N-ethyl adjacent to an activating group) is 1. The number of thiophene rings is 1. The number of hydrogen-bond donors (Lipinski definition) is 0. The second-order valence-corrected chi connectivity index (χ2v) is 10.3. The molecule has 4 rings (SSSR count). The average Bonchev–Trinajstić information content (AvgIpc) is 3.37. The number of aromatic nitrogens is 3. The predicted molar refractivity (Wildman–Crippen MR) is 129 cm³/mol. The standard InChI is InChI=1S/C24H35N5OS/c1-17(2)29-16-25-23-22(29)14-21(26-24(23)27(4)12-13-30-5)19-8-10-28(11-9-19)15-20-7-6-18(3)31-20/h6-7,14,16-17,19H,8-13,15H2,1-5H3. The van der Waals surface area contributed by atoms with Crippen LogP contribution in [0.25, 0.3) is 11.0 Å². The van der Waals surface area contributed by atoms with Gasteiger partial charge in [-0.05, 0) is 64.9 Å². The number of likely N-dealkylation sites (tertiary alicyclic amines) is 1. The van der Waals surface area contributed by atoms with Crippen LogP contribution >= 0.6 is 11.3 Å². The van der Waals surface area contributed by atoms with E-state index in [9.17, 15) is 0 Å². The quantitative estimate of drug-likeness (QED) is 0.500. The zero-order chi connectivity index (χ0) is 22.0. The lowest BCUT2D eigenvalue weighted by Crippen LogP contribution is -2.32. The Bertz CT molecular complexity index is 1000. The van der Waals surface area contributed by atoms with Gasteiger partial charge < -0.3 is 14.2 Å². The molecule has 6 nitrogen and oxygen atoms in total. The molecule has 1 aliphatic heterocycles. The Morgan fingerprint density at radius 1 is 1.26 bits per heavy atom. The highest BCUT2D eigenvalue weighted by Crippen LogP contribution is 2.33. The van der Waals surface area contributed by atoms with Gasteiger partial charge in [-0.3, -0.25) is 4.90 Å². The van der Waals surface area contributed by atoms with Crippen LogP contribution in [0.4, 0.5) is 5.82 Å². The molecule has 0 amide bonds. The number of imidazole rings is 1. The van der Waals surface area contributed by atoms with E-state index in [4.69, 9.17) is 14.7 Å². The van der Waals surface area contributed by atoms with Crippen molar-refractivity contribution in [2.45, 2.75) is 52.1 Å². The van der Waals surface area contributed by atoms with Crippen molar-refractivity contribution in [2.24, 2.45) is 0 Å². The summed E-state index contributed by atoms with van der Waals surface area (Å²) >= 11 is 1.92. The Balaban J connectivity index is 1.56. The van der Waals surface area contributed by atoms with Crippen molar-refractivity contribution in [3.63, 3.8) is 0 Å². The second-order valence-electron chi connectivity index (χ2n) is 8.96. The van der Waals surface area contributed by atoms with Crippen molar-refractivity contribution in [3.8, 4) is 0 Å². The van der Waals surface area contributed by atoms with Crippen LogP contribution in [-0.2, 0) is 11.3 Å². The zero-order valence-corrected chi connectivity index (χ0v) is 20.3. The Morgan fingerprint density at radius 3 is 2.68 bits per heavy atom. The lowest BCUT2D eigenvalue weighted by Gasteiger charge is -2.32. The van der Waals surface area contributed by atoms with Crippen LogP contribution in [0.15, 0.2) is 24.5 Å². The topological polar surface area (TPSA) is 46.4 Å². The number of methoxy groups -OCH3 is 1. The van der Waals surface area contributed by atoms with Gasteiger partial charge in [-0.25, -0.2) is 9.97 Å². The molecule has 1 fully saturated rings. The first-order valence-corrected chi connectivity index (χ1v) is 12.1. The maximum atomic E-state index is 5.30. The minimum absolute atomic E-state index is 0.369. The molecule has 0 unspecified atom stereocenters. The van der Waals surface area contributed by atoms with E-state index < -0.39 is 0 Å². The Morgan fingerprint density at radius 2 is 2.03 bits per heavy atom. The molecule has 0 aromatic carbocycles. The van der Waals surface area contributed by atoms with Gasteiger partial charge in [-0.1, -0.05) is 0 Å². The van der Waals surface area contributed by atoms with Gasteiger partial charge in [0, 0.05) is 54.7 Å². The van der Waals surface area contributed by atoms with Gasteiger partial charge in [-0.15, -0.1) is 11.3 Å². The molecule has 1 aliphatic rings. The van der Waals surface area contributed by atoms with Crippen LogP contribution < -0.4 is 4.90 Å².